The van der Waals surface area contributed by atoms with Gasteiger partial charge in [0.25, 0.3) is 0 Å². The molecule has 0 fully saturated rings. The van der Waals surface area contributed by atoms with E-state index in [4.69, 9.17) is 4.74 Å². The number of benzene rings is 2. The van der Waals surface area contributed by atoms with E-state index in [2.05, 4.69) is 48.6 Å². The molecule has 0 saturated carbocycles. The Hall–Kier alpha value is -1.80. The van der Waals surface area contributed by atoms with Gasteiger partial charge >= 0.3 is 0 Å². The van der Waals surface area contributed by atoms with Crippen LogP contribution in [0.4, 0.5) is 0 Å². The molecule has 1 unspecified atom stereocenters. The van der Waals surface area contributed by atoms with Gasteiger partial charge in [-0.05, 0) is 63.1 Å². The van der Waals surface area contributed by atoms with Crippen molar-refractivity contribution in [1.82, 2.24) is 5.32 Å². The lowest BCUT2D eigenvalue weighted by Gasteiger charge is -2.12. The summed E-state index contributed by atoms with van der Waals surface area (Å²) in [6, 6.07) is 17.6. The minimum absolute atomic E-state index is 0.200. The van der Waals surface area contributed by atoms with Crippen LogP contribution in [0.25, 0.3) is 11.1 Å². The van der Waals surface area contributed by atoms with Crippen molar-refractivity contribution in [2.75, 3.05) is 7.05 Å². The Balaban J connectivity index is 2.14. The molecular weight excluding hydrogens is 258 g/mol. The van der Waals surface area contributed by atoms with Crippen molar-refractivity contribution < 1.29 is 4.74 Å². The fourth-order valence-electron chi connectivity index (χ4n) is 2.31. The van der Waals surface area contributed by atoms with Gasteiger partial charge < -0.3 is 10.1 Å². The van der Waals surface area contributed by atoms with Gasteiger partial charge in [-0.25, -0.2) is 0 Å². The molecule has 0 bridgehead atoms. The Bertz CT molecular complexity index is 560. The summed E-state index contributed by atoms with van der Waals surface area (Å²) in [4.78, 5) is 0. The fourth-order valence-corrected chi connectivity index (χ4v) is 2.31. The number of hydrogen-bond acceptors (Lipinski definition) is 2. The molecule has 1 atom stereocenters. The summed E-state index contributed by atoms with van der Waals surface area (Å²) in [6.07, 6.45) is 1.25. The Morgan fingerprint density at radius 1 is 0.952 bits per heavy atom. The van der Waals surface area contributed by atoms with Crippen LogP contribution < -0.4 is 10.1 Å². The van der Waals surface area contributed by atoms with E-state index in [1.165, 1.54) is 16.7 Å². The van der Waals surface area contributed by atoms with E-state index in [-0.39, 0.29) is 6.10 Å². The summed E-state index contributed by atoms with van der Waals surface area (Å²) in [6.45, 7) is 6.29. The Kier molecular flexibility index (Phi) is 5.40. The topological polar surface area (TPSA) is 21.3 Å². The third kappa shape index (κ3) is 4.61. The standard InChI is InChI=1S/C19H25NO/c1-14(2)21-19-7-5-6-18(13-19)17-10-8-16(9-11-17)12-15(3)20-4/h5-11,13-15,20H,12H2,1-4H3. The third-order valence-electron chi connectivity index (χ3n) is 3.53. The third-order valence-corrected chi connectivity index (χ3v) is 3.53. The molecule has 0 aromatic heterocycles. The molecule has 21 heavy (non-hydrogen) atoms. The van der Waals surface area contributed by atoms with Crippen molar-refractivity contribution in [2.24, 2.45) is 0 Å². The molecule has 2 aromatic rings. The quantitative estimate of drug-likeness (QED) is 0.854. The minimum atomic E-state index is 0.200. The van der Waals surface area contributed by atoms with E-state index in [9.17, 15) is 0 Å². The van der Waals surface area contributed by atoms with Crippen LogP contribution in [0.5, 0.6) is 5.75 Å². The van der Waals surface area contributed by atoms with Crippen LogP contribution in [0, 0.1) is 0 Å². The molecule has 2 aromatic carbocycles. The molecule has 0 heterocycles. The van der Waals surface area contributed by atoms with Gasteiger partial charge in [-0.1, -0.05) is 36.4 Å². The second-order valence-corrected chi connectivity index (χ2v) is 5.79. The molecular formula is C19H25NO. The first-order valence-corrected chi connectivity index (χ1v) is 7.62. The van der Waals surface area contributed by atoms with Gasteiger partial charge in [-0.3, -0.25) is 0 Å². The highest BCUT2D eigenvalue weighted by Crippen LogP contribution is 2.25. The van der Waals surface area contributed by atoms with Gasteiger partial charge in [-0.15, -0.1) is 0 Å². The summed E-state index contributed by atoms with van der Waals surface area (Å²) in [5.41, 5.74) is 3.78. The summed E-state index contributed by atoms with van der Waals surface area (Å²) < 4.78 is 5.76. The summed E-state index contributed by atoms with van der Waals surface area (Å²) >= 11 is 0. The number of likely N-dealkylation sites (N-methyl/N-ethyl adjacent to an activating group) is 1. The van der Waals surface area contributed by atoms with Crippen molar-refractivity contribution >= 4 is 0 Å². The zero-order chi connectivity index (χ0) is 15.2. The van der Waals surface area contributed by atoms with Crippen LogP contribution in [0.1, 0.15) is 26.3 Å². The predicted octanol–water partition coefficient (Wildman–Crippen LogP) is 4.29. The first kappa shape index (κ1) is 15.6. The van der Waals surface area contributed by atoms with Crippen LogP contribution in [-0.2, 0) is 6.42 Å². The summed E-state index contributed by atoms with van der Waals surface area (Å²) in [5.74, 6) is 0.926. The van der Waals surface area contributed by atoms with E-state index in [0.29, 0.717) is 6.04 Å². The number of rotatable bonds is 6. The lowest BCUT2D eigenvalue weighted by atomic mass is 10.0. The van der Waals surface area contributed by atoms with Crippen molar-refractivity contribution in [1.29, 1.82) is 0 Å². The van der Waals surface area contributed by atoms with Crippen molar-refractivity contribution in [3.63, 3.8) is 0 Å². The van der Waals surface area contributed by atoms with Gasteiger partial charge in [0.2, 0.25) is 0 Å². The lowest BCUT2D eigenvalue weighted by Crippen LogP contribution is -2.23. The van der Waals surface area contributed by atoms with E-state index >= 15 is 0 Å². The molecule has 0 saturated heterocycles. The monoisotopic (exact) mass is 283 g/mol. The fraction of sp³-hybridized carbons (Fsp3) is 0.368. The zero-order valence-electron chi connectivity index (χ0n) is 13.4. The first-order chi connectivity index (χ1) is 10.1. The van der Waals surface area contributed by atoms with Crippen LogP contribution in [0.15, 0.2) is 48.5 Å². The molecule has 0 amide bonds. The van der Waals surface area contributed by atoms with Crippen LogP contribution in [-0.4, -0.2) is 19.2 Å². The smallest absolute Gasteiger partial charge is 0.120 e. The first-order valence-electron chi connectivity index (χ1n) is 7.62. The van der Waals surface area contributed by atoms with E-state index in [0.717, 1.165) is 12.2 Å². The number of ether oxygens (including phenoxy) is 1. The van der Waals surface area contributed by atoms with E-state index < -0.39 is 0 Å². The van der Waals surface area contributed by atoms with E-state index in [1.807, 2.05) is 33.0 Å². The SMILES string of the molecule is CNC(C)Cc1ccc(-c2cccc(OC(C)C)c2)cc1. The maximum Gasteiger partial charge on any atom is 0.120 e. The number of hydrogen-bond donors (Lipinski definition) is 1. The zero-order valence-corrected chi connectivity index (χ0v) is 13.4. The van der Waals surface area contributed by atoms with Crippen molar-refractivity contribution in [2.45, 2.75) is 39.3 Å². The molecule has 0 radical (unpaired) electrons. The average Bonchev–Trinajstić information content (AvgIpc) is 2.47. The van der Waals surface area contributed by atoms with Gasteiger partial charge in [0.15, 0.2) is 0 Å². The molecule has 1 N–H and O–H groups in total. The largest absolute Gasteiger partial charge is 0.491 e. The molecule has 0 aliphatic heterocycles. The maximum atomic E-state index is 5.76. The average molecular weight is 283 g/mol. The van der Waals surface area contributed by atoms with Gasteiger partial charge in [0.05, 0.1) is 6.10 Å². The van der Waals surface area contributed by atoms with Gasteiger partial charge in [0.1, 0.15) is 5.75 Å². The normalized spacial score (nSPS) is 12.4. The Morgan fingerprint density at radius 2 is 1.67 bits per heavy atom. The second-order valence-electron chi connectivity index (χ2n) is 5.79. The molecule has 0 aliphatic carbocycles. The van der Waals surface area contributed by atoms with Crippen LogP contribution in [0.3, 0.4) is 0 Å². The van der Waals surface area contributed by atoms with Crippen LogP contribution in [0.2, 0.25) is 0 Å². The Morgan fingerprint density at radius 3 is 2.29 bits per heavy atom. The second kappa shape index (κ2) is 7.28. The van der Waals surface area contributed by atoms with Crippen LogP contribution >= 0.6 is 0 Å². The highest BCUT2D eigenvalue weighted by molar-refractivity contribution is 5.65. The molecule has 0 aliphatic rings. The maximum absolute atomic E-state index is 5.76. The molecule has 2 rings (SSSR count). The highest BCUT2D eigenvalue weighted by Gasteiger charge is 2.04. The summed E-state index contributed by atoms with van der Waals surface area (Å²) in [7, 11) is 2.00. The number of nitrogens with one attached hydrogen (secondary N) is 1. The summed E-state index contributed by atoms with van der Waals surface area (Å²) in [5, 5.41) is 3.27. The lowest BCUT2D eigenvalue weighted by molar-refractivity contribution is 0.242. The molecule has 112 valence electrons. The highest BCUT2D eigenvalue weighted by atomic mass is 16.5. The molecule has 2 heteroatoms. The van der Waals surface area contributed by atoms with Gasteiger partial charge in [-0.2, -0.15) is 0 Å². The van der Waals surface area contributed by atoms with Crippen molar-refractivity contribution in [3.8, 4) is 16.9 Å². The van der Waals surface area contributed by atoms with Crippen molar-refractivity contribution in [3.05, 3.63) is 54.1 Å². The molecule has 0 spiro atoms. The predicted molar refractivity (Wildman–Crippen MR) is 89.9 cm³/mol. The minimum Gasteiger partial charge on any atom is -0.491 e. The molecule has 2 nitrogen and oxygen atoms in total. The Labute approximate surface area is 128 Å². The van der Waals surface area contributed by atoms with Gasteiger partial charge in [0, 0.05) is 6.04 Å². The van der Waals surface area contributed by atoms with E-state index in [1.54, 1.807) is 0 Å².